The van der Waals surface area contributed by atoms with E-state index in [9.17, 15) is 19.3 Å². The first-order chi connectivity index (χ1) is 27.0. The van der Waals surface area contributed by atoms with Crippen molar-refractivity contribution in [2.75, 3.05) is 13.2 Å². The van der Waals surface area contributed by atoms with E-state index in [0.29, 0.717) is 25.7 Å². The predicted octanol–water partition coefficient (Wildman–Crippen LogP) is 12.3. The highest BCUT2D eigenvalue weighted by atomic mass is 31.2. The van der Waals surface area contributed by atoms with E-state index >= 15 is 0 Å². The molecule has 0 fully saturated rings. The number of carbonyl (C=O) groups is 2. The number of rotatable bonds is 38. The highest BCUT2D eigenvalue weighted by Crippen LogP contribution is 2.36. The molecule has 0 amide bonds. The summed E-state index contributed by atoms with van der Waals surface area (Å²) in [4.78, 5) is 42.9. The van der Waals surface area contributed by atoms with Gasteiger partial charge in [0.2, 0.25) is 0 Å². The lowest BCUT2D eigenvalue weighted by Gasteiger charge is -2.18. The fourth-order valence-corrected chi connectivity index (χ4v) is 6.15. The Kier molecular flexibility index (Phi) is 37.5. The quantitative estimate of drug-likeness (QED) is 0.0183. The Morgan fingerprint density at radius 3 is 1.70 bits per heavy atom. The number of esters is 2. The van der Waals surface area contributed by atoms with E-state index in [-0.39, 0.29) is 19.4 Å². The second-order valence-electron chi connectivity index (χ2n) is 15.0. The van der Waals surface area contributed by atoms with Crippen molar-refractivity contribution in [3.05, 3.63) is 72.9 Å². The van der Waals surface area contributed by atoms with Gasteiger partial charge in [0, 0.05) is 12.8 Å². The second-order valence-corrected chi connectivity index (χ2v) is 16.2. The van der Waals surface area contributed by atoms with Gasteiger partial charge in [0.1, 0.15) is 6.61 Å². The summed E-state index contributed by atoms with van der Waals surface area (Å²) in [5, 5.41) is 9.98. The maximum absolute atomic E-state index is 12.4. The van der Waals surface area contributed by atoms with Gasteiger partial charge < -0.3 is 24.4 Å². The van der Waals surface area contributed by atoms with Crippen molar-refractivity contribution in [2.45, 2.75) is 187 Å². The Bertz CT molecular complexity index is 1170. The molecule has 322 valence electrons. The minimum atomic E-state index is -4.79. The van der Waals surface area contributed by atoms with Crippen LogP contribution in [0.15, 0.2) is 72.9 Å². The van der Waals surface area contributed by atoms with Crippen LogP contribution in [0.5, 0.6) is 0 Å². The van der Waals surface area contributed by atoms with Crippen molar-refractivity contribution in [2.24, 2.45) is 5.92 Å². The molecule has 0 rings (SSSR count). The molecular formula is C46H79O9P. The van der Waals surface area contributed by atoms with Gasteiger partial charge in [-0.1, -0.05) is 190 Å². The first-order valence-electron chi connectivity index (χ1n) is 21.7. The third-order valence-electron chi connectivity index (χ3n) is 9.01. The number of hydrogen-bond donors (Lipinski definition) is 3. The van der Waals surface area contributed by atoms with Crippen LogP contribution in [0.2, 0.25) is 0 Å². The van der Waals surface area contributed by atoms with Crippen LogP contribution in [-0.2, 0) is 28.2 Å². The summed E-state index contributed by atoms with van der Waals surface area (Å²) in [5.74, 6) is -0.183. The average Bonchev–Trinajstić information content (AvgIpc) is 3.15. The largest absolute Gasteiger partial charge is 0.469 e. The van der Waals surface area contributed by atoms with Gasteiger partial charge in [0.05, 0.1) is 12.7 Å². The van der Waals surface area contributed by atoms with Crippen LogP contribution in [0.1, 0.15) is 175 Å². The topological polar surface area (TPSA) is 140 Å². The van der Waals surface area contributed by atoms with Gasteiger partial charge in [-0.3, -0.25) is 14.1 Å². The number of phosphoric acid groups is 1. The number of allylic oxidation sites excluding steroid dienone is 10. The lowest BCUT2D eigenvalue weighted by molar-refractivity contribution is -0.161. The van der Waals surface area contributed by atoms with Crippen LogP contribution in [0, 0.1) is 5.92 Å². The first kappa shape index (κ1) is 53.5. The zero-order valence-corrected chi connectivity index (χ0v) is 36.2. The number of aliphatic hydroxyl groups is 1. The maximum Gasteiger partial charge on any atom is 0.469 e. The molecule has 0 aromatic carbocycles. The smallest absolute Gasteiger partial charge is 0.462 e. The Balaban J connectivity index is 4.08. The molecule has 0 aliphatic rings. The van der Waals surface area contributed by atoms with E-state index in [0.717, 1.165) is 44.4 Å². The number of phosphoric ester groups is 1. The molecule has 56 heavy (non-hydrogen) atoms. The molecule has 10 heteroatoms. The van der Waals surface area contributed by atoms with Gasteiger partial charge in [-0.2, -0.15) is 0 Å². The van der Waals surface area contributed by atoms with Gasteiger partial charge in [0.25, 0.3) is 0 Å². The third-order valence-corrected chi connectivity index (χ3v) is 9.50. The molecule has 0 saturated heterocycles. The molecule has 9 nitrogen and oxygen atoms in total. The minimum Gasteiger partial charge on any atom is -0.462 e. The van der Waals surface area contributed by atoms with Gasteiger partial charge in [-0.05, 0) is 50.9 Å². The van der Waals surface area contributed by atoms with Gasteiger partial charge in [-0.25, -0.2) is 4.57 Å². The summed E-state index contributed by atoms with van der Waals surface area (Å²) < 4.78 is 26.3. The van der Waals surface area contributed by atoms with E-state index in [1.165, 1.54) is 77.0 Å². The molecule has 0 spiro atoms. The zero-order chi connectivity index (χ0) is 41.4. The molecule has 0 aromatic heterocycles. The fraction of sp³-hybridized carbons (Fsp3) is 0.696. The van der Waals surface area contributed by atoms with Crippen molar-refractivity contribution in [3.63, 3.8) is 0 Å². The first-order valence-corrected chi connectivity index (χ1v) is 23.2. The monoisotopic (exact) mass is 807 g/mol. The Labute approximate surface area is 341 Å². The number of unbranched alkanes of at least 4 members (excludes halogenated alkanes) is 14. The van der Waals surface area contributed by atoms with Crippen LogP contribution < -0.4 is 0 Å². The fourth-order valence-electron chi connectivity index (χ4n) is 5.79. The molecule has 0 radical (unpaired) electrons. The highest BCUT2D eigenvalue weighted by molar-refractivity contribution is 7.46. The summed E-state index contributed by atoms with van der Waals surface area (Å²) in [6.45, 7) is 5.79. The van der Waals surface area contributed by atoms with Crippen LogP contribution in [0.3, 0.4) is 0 Å². The summed E-state index contributed by atoms with van der Waals surface area (Å²) >= 11 is 0. The van der Waals surface area contributed by atoms with Crippen LogP contribution in [0.4, 0.5) is 0 Å². The predicted molar refractivity (Wildman–Crippen MR) is 231 cm³/mol. The standard InChI is InChI=1S/C46H79O9P/c1-4-5-6-7-26-31-36-43(47)37-32-27-22-18-15-16-20-24-29-34-39-46(49)55-44(41-54-56(50,51)52)40-53-45(48)38-33-28-23-19-14-12-10-8-9-11-13-17-21-25-30-35-42(2)3/h5-6,15-16,22,24,26-27,29,31-32,37,42-44,47H,4,7-14,17-21,23,25,28,30,33-36,38-41H2,1-3H3,(H2,50,51,52)/b6-5-,16-15-,27-22-,29-24-,31-26-,37-32+/t43?,44-/m1/s1. The minimum absolute atomic E-state index is 0.0615. The SMILES string of the molecule is CC/C=C\C/C=C\CC(O)/C=C/C=C\C/C=C\C/C=C\CCC(=O)O[C@H](COC(=O)CCCCCCCCCCCCCCCCCC(C)C)COP(=O)(O)O. The van der Waals surface area contributed by atoms with Crippen LogP contribution in [-0.4, -0.2) is 52.3 Å². The molecule has 0 aliphatic heterocycles. The summed E-state index contributed by atoms with van der Waals surface area (Å²) in [6.07, 6.45) is 46.7. The van der Waals surface area contributed by atoms with E-state index in [1.807, 2.05) is 48.6 Å². The Morgan fingerprint density at radius 1 is 0.607 bits per heavy atom. The van der Waals surface area contributed by atoms with E-state index in [2.05, 4.69) is 43.5 Å². The summed E-state index contributed by atoms with van der Waals surface area (Å²) in [7, 11) is -4.79. The summed E-state index contributed by atoms with van der Waals surface area (Å²) in [6, 6.07) is 0. The molecule has 0 saturated carbocycles. The lowest BCUT2D eigenvalue weighted by atomic mass is 10.0. The van der Waals surface area contributed by atoms with Gasteiger partial charge in [0.15, 0.2) is 6.10 Å². The number of aliphatic hydroxyl groups excluding tert-OH is 1. The van der Waals surface area contributed by atoms with Gasteiger partial charge >= 0.3 is 19.8 Å². The number of hydrogen-bond acceptors (Lipinski definition) is 7. The number of carbonyl (C=O) groups excluding carboxylic acids is 2. The van der Waals surface area contributed by atoms with Crippen LogP contribution >= 0.6 is 7.82 Å². The molecule has 0 bridgehead atoms. The second kappa shape index (κ2) is 39.3. The van der Waals surface area contributed by atoms with Crippen molar-refractivity contribution in [1.82, 2.24) is 0 Å². The zero-order valence-electron chi connectivity index (χ0n) is 35.3. The van der Waals surface area contributed by atoms with Gasteiger partial charge in [-0.15, -0.1) is 0 Å². The molecule has 2 atom stereocenters. The molecule has 1 unspecified atom stereocenters. The molecule has 0 aliphatic carbocycles. The lowest BCUT2D eigenvalue weighted by Crippen LogP contribution is -2.29. The Hall–Kier alpha value is -2.55. The third kappa shape index (κ3) is 42.6. The van der Waals surface area contributed by atoms with E-state index in [4.69, 9.17) is 19.3 Å². The van der Waals surface area contributed by atoms with Crippen molar-refractivity contribution < 1.29 is 43.0 Å². The highest BCUT2D eigenvalue weighted by Gasteiger charge is 2.22. The van der Waals surface area contributed by atoms with E-state index < -0.39 is 38.6 Å². The van der Waals surface area contributed by atoms with Crippen molar-refractivity contribution in [1.29, 1.82) is 0 Å². The van der Waals surface area contributed by atoms with E-state index in [1.54, 1.807) is 6.08 Å². The van der Waals surface area contributed by atoms with Crippen LogP contribution in [0.25, 0.3) is 0 Å². The maximum atomic E-state index is 12.4. The molecule has 0 heterocycles. The molecule has 3 N–H and O–H groups in total. The molecular weight excluding hydrogens is 727 g/mol. The van der Waals surface area contributed by atoms with Crippen molar-refractivity contribution >= 4 is 19.8 Å². The van der Waals surface area contributed by atoms with Crippen molar-refractivity contribution in [3.8, 4) is 0 Å². The molecule has 0 aromatic rings. The summed E-state index contributed by atoms with van der Waals surface area (Å²) in [5.41, 5.74) is 0. The Morgan fingerprint density at radius 2 is 1.12 bits per heavy atom. The normalized spacial score (nSPS) is 13.8. The number of ether oxygens (including phenoxy) is 2. The average molecular weight is 807 g/mol.